The molecule has 2 saturated carbocycles. The molecule has 6 rings (SSSR count). The van der Waals surface area contributed by atoms with Crippen molar-refractivity contribution < 1.29 is 18.8 Å². The minimum Gasteiger partial charge on any atom is -0.377 e. The molecule has 2 amide bonds. The fraction of sp³-hybridized carbons (Fsp3) is 0.615. The molecule has 0 atom stereocenters. The van der Waals surface area contributed by atoms with Gasteiger partial charge >= 0.3 is 0 Å². The highest BCUT2D eigenvalue weighted by Gasteiger charge is 2.55. The van der Waals surface area contributed by atoms with E-state index in [4.69, 9.17) is 14.2 Å². The van der Waals surface area contributed by atoms with Crippen LogP contribution in [0.2, 0.25) is 0 Å². The summed E-state index contributed by atoms with van der Waals surface area (Å²) >= 11 is 0. The number of rotatable bonds is 5. The summed E-state index contributed by atoms with van der Waals surface area (Å²) < 4.78 is 10.9. The summed E-state index contributed by atoms with van der Waals surface area (Å²) in [5.41, 5.74) is 3.23. The van der Waals surface area contributed by atoms with Crippen LogP contribution in [-0.4, -0.2) is 59.2 Å². The molecule has 0 N–H and O–H groups in total. The first kappa shape index (κ1) is 21.8. The van der Waals surface area contributed by atoms with Gasteiger partial charge in [0.05, 0.1) is 19.3 Å². The average Bonchev–Trinajstić information content (AvgIpc) is 3.44. The van der Waals surface area contributed by atoms with Gasteiger partial charge in [-0.25, -0.2) is 0 Å². The van der Waals surface area contributed by atoms with E-state index in [0.717, 1.165) is 55.6 Å². The summed E-state index contributed by atoms with van der Waals surface area (Å²) in [6, 6.07) is 5.96. The second kappa shape index (κ2) is 8.18. The number of benzene rings is 1. The Morgan fingerprint density at radius 2 is 1.88 bits per heavy atom. The van der Waals surface area contributed by atoms with E-state index >= 15 is 0 Å². The molecule has 0 bridgehead atoms. The topological polar surface area (TPSA) is 88.8 Å². The fourth-order valence-corrected chi connectivity index (χ4v) is 5.88. The van der Waals surface area contributed by atoms with Gasteiger partial charge in [0.1, 0.15) is 0 Å². The SMILES string of the molecule is CC(=O)N(c1cc(-c2nc(C3CCN(C(=O)C4CC5(CC5)C4)CC3)no2)ccc1C)C1COC1. The number of amides is 2. The maximum atomic E-state index is 12.8. The zero-order valence-corrected chi connectivity index (χ0v) is 20.0. The number of carbonyl (C=O) groups is 2. The van der Waals surface area contributed by atoms with Gasteiger partial charge in [-0.1, -0.05) is 11.2 Å². The Labute approximate surface area is 199 Å². The summed E-state index contributed by atoms with van der Waals surface area (Å²) in [6.45, 7) is 6.22. The van der Waals surface area contributed by atoms with E-state index in [0.29, 0.717) is 36.3 Å². The third-order valence-corrected chi connectivity index (χ3v) is 8.32. The number of likely N-dealkylation sites (tertiary alicyclic amines) is 1. The predicted molar refractivity (Wildman–Crippen MR) is 125 cm³/mol. The summed E-state index contributed by atoms with van der Waals surface area (Å²) in [6.07, 6.45) is 6.58. The number of anilines is 1. The molecule has 1 spiro atoms. The summed E-state index contributed by atoms with van der Waals surface area (Å²) in [7, 11) is 0. The van der Waals surface area contributed by atoms with E-state index in [1.165, 1.54) is 12.8 Å². The van der Waals surface area contributed by atoms with Crippen molar-refractivity contribution in [1.29, 1.82) is 0 Å². The third-order valence-electron chi connectivity index (χ3n) is 8.32. The molecular formula is C26H32N4O4. The van der Waals surface area contributed by atoms with Gasteiger partial charge in [-0.2, -0.15) is 4.98 Å². The van der Waals surface area contributed by atoms with Crippen LogP contribution in [0.25, 0.3) is 11.5 Å². The van der Waals surface area contributed by atoms with Crippen molar-refractivity contribution >= 4 is 17.5 Å². The fourth-order valence-electron chi connectivity index (χ4n) is 5.88. The van der Waals surface area contributed by atoms with Crippen LogP contribution >= 0.6 is 0 Å². The molecule has 2 aliphatic carbocycles. The van der Waals surface area contributed by atoms with E-state index in [1.807, 2.05) is 30.0 Å². The molecule has 3 heterocycles. The molecule has 4 aliphatic rings. The quantitative estimate of drug-likeness (QED) is 0.671. The molecule has 2 aromatic rings. The second-order valence-corrected chi connectivity index (χ2v) is 10.7. The molecule has 180 valence electrons. The molecule has 8 nitrogen and oxygen atoms in total. The van der Waals surface area contributed by atoms with Crippen molar-refractivity contribution in [2.45, 2.75) is 64.3 Å². The molecule has 8 heteroatoms. The number of hydrogen-bond acceptors (Lipinski definition) is 6. The molecule has 1 aromatic carbocycles. The average molecular weight is 465 g/mol. The highest BCUT2D eigenvalue weighted by atomic mass is 16.5. The number of aromatic nitrogens is 2. The van der Waals surface area contributed by atoms with E-state index in [-0.39, 0.29) is 23.8 Å². The Kier molecular flexibility index (Phi) is 5.24. The van der Waals surface area contributed by atoms with Crippen molar-refractivity contribution in [3.05, 3.63) is 29.6 Å². The molecule has 1 aromatic heterocycles. The van der Waals surface area contributed by atoms with E-state index in [2.05, 4.69) is 5.16 Å². The lowest BCUT2D eigenvalue weighted by Gasteiger charge is -2.40. The van der Waals surface area contributed by atoms with Crippen LogP contribution in [0.3, 0.4) is 0 Å². The van der Waals surface area contributed by atoms with Crippen molar-refractivity contribution in [2.24, 2.45) is 11.3 Å². The third kappa shape index (κ3) is 3.82. The molecular weight excluding hydrogens is 432 g/mol. The van der Waals surface area contributed by atoms with Gasteiger partial charge < -0.3 is 19.1 Å². The Balaban J connectivity index is 1.12. The zero-order chi connectivity index (χ0) is 23.4. The monoisotopic (exact) mass is 464 g/mol. The summed E-state index contributed by atoms with van der Waals surface area (Å²) in [5, 5.41) is 4.28. The Morgan fingerprint density at radius 1 is 1.15 bits per heavy atom. The van der Waals surface area contributed by atoms with Crippen molar-refractivity contribution in [2.75, 3.05) is 31.2 Å². The molecule has 4 fully saturated rings. The maximum Gasteiger partial charge on any atom is 0.258 e. The minimum absolute atomic E-state index is 0.00437. The number of hydrogen-bond donors (Lipinski definition) is 0. The molecule has 34 heavy (non-hydrogen) atoms. The first-order valence-electron chi connectivity index (χ1n) is 12.5. The summed E-state index contributed by atoms with van der Waals surface area (Å²) in [5.74, 6) is 1.98. The normalized spacial score (nSPS) is 22.4. The standard InChI is InChI=1S/C26H32N4O4/c1-16-3-4-19(11-22(16)30(17(2)31)21-14-33-15-21)24-27-23(28-34-24)18-5-9-29(10-6-18)25(32)20-12-26(13-20)7-8-26/h3-4,11,18,20-21H,5-10,12-15H2,1-2H3. The van der Waals surface area contributed by atoms with E-state index in [9.17, 15) is 9.59 Å². The first-order valence-corrected chi connectivity index (χ1v) is 12.5. The number of carbonyl (C=O) groups excluding carboxylic acids is 2. The van der Waals surface area contributed by atoms with Crippen LogP contribution in [-0.2, 0) is 14.3 Å². The molecule has 0 unspecified atom stereocenters. The maximum absolute atomic E-state index is 12.8. The highest BCUT2D eigenvalue weighted by molar-refractivity contribution is 5.94. The minimum atomic E-state index is -0.00437. The Bertz CT molecular complexity index is 1100. The van der Waals surface area contributed by atoms with Gasteiger partial charge in [0, 0.05) is 43.1 Å². The zero-order valence-electron chi connectivity index (χ0n) is 20.0. The second-order valence-electron chi connectivity index (χ2n) is 10.7. The first-order chi connectivity index (χ1) is 16.4. The van der Waals surface area contributed by atoms with Crippen LogP contribution < -0.4 is 4.90 Å². The lowest BCUT2D eigenvalue weighted by atomic mass is 9.71. The van der Waals surface area contributed by atoms with Crippen LogP contribution in [0.4, 0.5) is 5.69 Å². The van der Waals surface area contributed by atoms with Crippen molar-refractivity contribution in [3.63, 3.8) is 0 Å². The number of piperidine rings is 1. The number of ether oxygens (including phenoxy) is 1. The van der Waals surface area contributed by atoms with Gasteiger partial charge in [-0.05, 0) is 68.6 Å². The van der Waals surface area contributed by atoms with Crippen LogP contribution in [0.5, 0.6) is 0 Å². The largest absolute Gasteiger partial charge is 0.377 e. The Hall–Kier alpha value is -2.74. The van der Waals surface area contributed by atoms with E-state index < -0.39 is 0 Å². The van der Waals surface area contributed by atoms with E-state index in [1.54, 1.807) is 11.8 Å². The Morgan fingerprint density at radius 3 is 2.50 bits per heavy atom. The van der Waals surface area contributed by atoms with Gasteiger partial charge in [0.2, 0.25) is 11.8 Å². The number of nitrogens with zero attached hydrogens (tertiary/aromatic N) is 4. The van der Waals surface area contributed by atoms with Gasteiger partial charge in [-0.15, -0.1) is 0 Å². The number of aryl methyl sites for hydroxylation is 1. The van der Waals surface area contributed by atoms with Gasteiger partial charge in [0.25, 0.3) is 5.89 Å². The lowest BCUT2D eigenvalue weighted by Crippen LogP contribution is -2.51. The lowest BCUT2D eigenvalue weighted by molar-refractivity contribution is -0.141. The smallest absolute Gasteiger partial charge is 0.258 e. The van der Waals surface area contributed by atoms with Gasteiger partial charge in [-0.3, -0.25) is 9.59 Å². The van der Waals surface area contributed by atoms with Crippen LogP contribution in [0.1, 0.15) is 62.8 Å². The molecule has 2 saturated heterocycles. The predicted octanol–water partition coefficient (Wildman–Crippen LogP) is 3.69. The van der Waals surface area contributed by atoms with Crippen molar-refractivity contribution in [1.82, 2.24) is 15.0 Å². The van der Waals surface area contributed by atoms with Crippen LogP contribution in [0.15, 0.2) is 22.7 Å². The molecule has 2 aliphatic heterocycles. The molecule has 0 radical (unpaired) electrons. The summed E-state index contributed by atoms with van der Waals surface area (Å²) in [4.78, 5) is 33.7. The highest BCUT2D eigenvalue weighted by Crippen LogP contribution is 2.63. The van der Waals surface area contributed by atoms with Crippen molar-refractivity contribution in [3.8, 4) is 11.5 Å². The van der Waals surface area contributed by atoms with Gasteiger partial charge in [0.15, 0.2) is 5.82 Å². The van der Waals surface area contributed by atoms with Crippen LogP contribution in [0, 0.1) is 18.3 Å².